The van der Waals surface area contributed by atoms with Crippen molar-refractivity contribution in [2.45, 2.75) is 174 Å². The lowest BCUT2D eigenvalue weighted by Gasteiger charge is -2.64. The van der Waals surface area contributed by atoms with E-state index in [4.69, 9.17) is 9.47 Å². The van der Waals surface area contributed by atoms with Gasteiger partial charge in [-0.05, 0) is 112 Å². The molecule has 2 fully saturated rings. The molecule has 0 radical (unpaired) electrons. The molecule has 4 aliphatic carbocycles. The van der Waals surface area contributed by atoms with Crippen LogP contribution in [0.4, 0.5) is 0 Å². The lowest BCUT2D eigenvalue weighted by molar-refractivity contribution is -0.193. The number of hydrogen-bond acceptors (Lipinski definition) is 11. The summed E-state index contributed by atoms with van der Waals surface area (Å²) in [7, 11) is 1.13. The third kappa shape index (κ3) is 8.40. The van der Waals surface area contributed by atoms with Crippen molar-refractivity contribution in [1.82, 2.24) is 5.32 Å². The number of carbonyl (C=O) groups excluding carboxylic acids is 3. The van der Waals surface area contributed by atoms with E-state index in [0.29, 0.717) is 24.8 Å². The summed E-state index contributed by atoms with van der Waals surface area (Å²) in [5.41, 5.74) is -1.97. The van der Waals surface area contributed by atoms with Crippen LogP contribution in [0.5, 0.6) is 0 Å². The smallest absolute Gasteiger partial charge is 0.331 e. The van der Waals surface area contributed by atoms with Crippen molar-refractivity contribution in [2.75, 3.05) is 7.11 Å². The van der Waals surface area contributed by atoms with Crippen LogP contribution in [-0.2, 0) is 23.9 Å². The first-order valence-corrected chi connectivity index (χ1v) is 21.3. The maximum absolute atomic E-state index is 13.6. The van der Waals surface area contributed by atoms with Gasteiger partial charge in [-0.3, -0.25) is 9.59 Å². The number of aliphatic hydroxyl groups is 6. The van der Waals surface area contributed by atoms with Gasteiger partial charge >= 0.3 is 11.9 Å². The standard InChI is InChI=1S/C46H71NO11/c1-26(16-19-33(48)42(4,5)55)28-20-21-45(8)29-17-18-32-41(2,3)39(53)31(23-44(32,7)30(29)22-34(49)46(28,45)9)58-36(51)25-43(6,56)24-35(50)47-37(40(54)57-10)38(52)27-14-12-11-13-15-27/h11-15,26,28,31-34,37-39,48-49,52-53,55-56H,16-25H2,1-10H3,(H,47,50)/t26-,28-,31-,32+,33-,34+,37+,38+,39+,43-,44-,45+,46+/m1/s1. The number of benzene rings is 1. The minimum Gasteiger partial charge on any atom is -0.467 e. The number of allylic oxidation sites excluding steroid dienone is 1. The van der Waals surface area contributed by atoms with Crippen LogP contribution in [0.2, 0.25) is 0 Å². The molecule has 12 nitrogen and oxygen atoms in total. The molecule has 1 aromatic carbocycles. The monoisotopic (exact) mass is 814 g/mol. The zero-order valence-electron chi connectivity index (χ0n) is 36.4. The number of amides is 1. The van der Waals surface area contributed by atoms with E-state index in [0.717, 1.165) is 39.2 Å². The Bertz CT molecular complexity index is 1700. The SMILES string of the molecule is COC(=O)[C@@H](NC(=O)C[C@@](C)(O)CC(=O)O[C@@H]1C[C@]2(C)C3=C(CC[C@H]2C(C)(C)[C@H]1O)[C@]1(C)CC[C@H]([C@H](C)CC[C@@H](O)C(C)(C)O)[C@@]1(C)[C@@H](O)C3)[C@@H](O)c1ccccc1. The van der Waals surface area contributed by atoms with Crippen molar-refractivity contribution in [2.24, 2.45) is 39.4 Å². The number of carbonyl (C=O) groups is 3. The van der Waals surface area contributed by atoms with Crippen LogP contribution in [0.15, 0.2) is 41.5 Å². The molecule has 0 aromatic heterocycles. The molecular formula is C46H71NO11. The quantitative estimate of drug-likeness (QED) is 0.0978. The number of methoxy groups -OCH3 is 1. The van der Waals surface area contributed by atoms with Gasteiger partial charge in [-0.2, -0.15) is 0 Å². The first-order chi connectivity index (χ1) is 26.7. The Morgan fingerprint density at radius 2 is 1.57 bits per heavy atom. The number of aliphatic hydroxyl groups excluding tert-OH is 4. The number of ether oxygens (including phenoxy) is 2. The van der Waals surface area contributed by atoms with Crippen LogP contribution in [0, 0.1) is 39.4 Å². The van der Waals surface area contributed by atoms with E-state index in [1.54, 1.807) is 44.2 Å². The van der Waals surface area contributed by atoms with Crippen LogP contribution in [0.3, 0.4) is 0 Å². The van der Waals surface area contributed by atoms with Gasteiger partial charge in [-0.15, -0.1) is 0 Å². The molecule has 326 valence electrons. The highest BCUT2D eigenvalue weighted by molar-refractivity contribution is 5.86. The Balaban J connectivity index is 1.32. The van der Waals surface area contributed by atoms with Crippen molar-refractivity contribution in [3.05, 3.63) is 47.0 Å². The summed E-state index contributed by atoms with van der Waals surface area (Å²) >= 11 is 0. The van der Waals surface area contributed by atoms with Crippen molar-refractivity contribution in [3.8, 4) is 0 Å². The number of rotatable bonds is 14. The summed E-state index contributed by atoms with van der Waals surface area (Å²) < 4.78 is 10.9. The average Bonchev–Trinajstić information content (AvgIpc) is 3.43. The number of hydrogen-bond donors (Lipinski definition) is 7. The predicted octanol–water partition coefficient (Wildman–Crippen LogP) is 5.06. The summed E-state index contributed by atoms with van der Waals surface area (Å²) in [5, 5.41) is 69.6. The largest absolute Gasteiger partial charge is 0.467 e. The molecule has 5 rings (SSSR count). The van der Waals surface area contributed by atoms with Crippen molar-refractivity contribution in [1.29, 1.82) is 0 Å². The molecule has 0 aliphatic heterocycles. The van der Waals surface area contributed by atoms with Gasteiger partial charge in [0.2, 0.25) is 5.91 Å². The van der Waals surface area contributed by atoms with Crippen molar-refractivity contribution >= 4 is 17.8 Å². The number of fused-ring (bicyclic) bond motifs is 4. The number of nitrogens with one attached hydrogen (secondary N) is 1. The molecular weight excluding hydrogens is 743 g/mol. The predicted molar refractivity (Wildman–Crippen MR) is 218 cm³/mol. The maximum Gasteiger partial charge on any atom is 0.331 e. The van der Waals surface area contributed by atoms with E-state index >= 15 is 0 Å². The van der Waals surface area contributed by atoms with Gasteiger partial charge in [0.15, 0.2) is 6.04 Å². The van der Waals surface area contributed by atoms with Gasteiger partial charge in [-0.25, -0.2) is 4.79 Å². The Labute approximate surface area is 344 Å². The van der Waals surface area contributed by atoms with Crippen LogP contribution in [0.25, 0.3) is 0 Å². The molecule has 0 heterocycles. The minimum absolute atomic E-state index is 0.0455. The lowest BCUT2D eigenvalue weighted by Crippen LogP contribution is -2.62. The highest BCUT2D eigenvalue weighted by Crippen LogP contribution is 2.72. The highest BCUT2D eigenvalue weighted by Gasteiger charge is 2.67. The molecule has 12 heteroatoms. The average molecular weight is 814 g/mol. The lowest BCUT2D eigenvalue weighted by atomic mass is 9.42. The van der Waals surface area contributed by atoms with Crippen molar-refractivity contribution in [3.63, 3.8) is 0 Å². The van der Waals surface area contributed by atoms with Crippen molar-refractivity contribution < 1.29 is 54.5 Å². The van der Waals surface area contributed by atoms with Gasteiger partial charge in [0.05, 0.1) is 49.5 Å². The van der Waals surface area contributed by atoms with Gasteiger partial charge in [0, 0.05) is 5.41 Å². The van der Waals surface area contributed by atoms with Crippen LogP contribution in [-0.4, -0.2) is 97.3 Å². The molecule has 0 bridgehead atoms. The Hall–Kier alpha value is -2.87. The second-order valence-electron chi connectivity index (χ2n) is 20.4. The molecule has 0 unspecified atom stereocenters. The molecule has 1 aromatic rings. The third-order valence-electron chi connectivity index (χ3n) is 15.8. The second kappa shape index (κ2) is 16.5. The highest BCUT2D eigenvalue weighted by atomic mass is 16.6. The van der Waals surface area contributed by atoms with Crippen LogP contribution < -0.4 is 5.32 Å². The summed E-state index contributed by atoms with van der Waals surface area (Å²) in [5.74, 6) is -1.97. The fourth-order valence-electron chi connectivity index (χ4n) is 12.2. The number of esters is 2. The molecule has 0 saturated heterocycles. The first-order valence-electron chi connectivity index (χ1n) is 21.3. The normalized spacial score (nSPS) is 34.9. The molecule has 7 N–H and O–H groups in total. The zero-order chi connectivity index (χ0) is 43.4. The van der Waals surface area contributed by atoms with E-state index in [1.807, 2.05) is 13.8 Å². The van der Waals surface area contributed by atoms with E-state index < -0.39 is 94.7 Å². The van der Waals surface area contributed by atoms with Gasteiger partial charge in [0.1, 0.15) is 12.2 Å². The molecule has 2 saturated carbocycles. The molecule has 4 aliphatic rings. The molecule has 13 atom stereocenters. The Kier molecular flexibility index (Phi) is 13.2. The van der Waals surface area contributed by atoms with E-state index in [1.165, 1.54) is 18.1 Å². The summed E-state index contributed by atoms with van der Waals surface area (Å²) in [4.78, 5) is 39.3. The first kappa shape index (κ1) is 46.2. The summed E-state index contributed by atoms with van der Waals surface area (Å²) in [6.45, 7) is 17.5. The van der Waals surface area contributed by atoms with Gasteiger partial charge in [-0.1, -0.05) is 83.0 Å². The fourth-order valence-corrected chi connectivity index (χ4v) is 12.2. The molecule has 58 heavy (non-hydrogen) atoms. The van der Waals surface area contributed by atoms with Crippen LogP contribution in [0.1, 0.15) is 138 Å². The van der Waals surface area contributed by atoms with E-state index in [-0.39, 0.29) is 23.2 Å². The minimum atomic E-state index is -1.89. The molecule has 1 amide bonds. The fraction of sp³-hybridized carbons (Fsp3) is 0.761. The van der Waals surface area contributed by atoms with Gasteiger partial charge in [0.25, 0.3) is 0 Å². The maximum atomic E-state index is 13.6. The topological polar surface area (TPSA) is 203 Å². The second-order valence-corrected chi connectivity index (χ2v) is 20.4. The van der Waals surface area contributed by atoms with Gasteiger partial charge < -0.3 is 45.4 Å². The Morgan fingerprint density at radius 1 is 0.931 bits per heavy atom. The zero-order valence-corrected chi connectivity index (χ0v) is 36.4. The third-order valence-corrected chi connectivity index (χ3v) is 15.8. The Morgan fingerprint density at radius 3 is 2.17 bits per heavy atom. The summed E-state index contributed by atoms with van der Waals surface area (Å²) in [6, 6.07) is 6.84. The molecule has 0 spiro atoms. The van der Waals surface area contributed by atoms with E-state index in [9.17, 15) is 45.0 Å². The van der Waals surface area contributed by atoms with E-state index in [2.05, 4.69) is 33.0 Å². The van der Waals surface area contributed by atoms with Crippen LogP contribution >= 0.6 is 0 Å². The summed E-state index contributed by atoms with van der Waals surface area (Å²) in [6.07, 6.45) is -0.361.